The zero-order valence-electron chi connectivity index (χ0n) is 12.1. The minimum atomic E-state index is -1.38. The van der Waals surface area contributed by atoms with Crippen molar-refractivity contribution < 1.29 is 23.4 Å². The minimum Gasteiger partial charge on any atom is -0.486 e. The van der Waals surface area contributed by atoms with Crippen LogP contribution in [0.5, 0.6) is 5.75 Å². The monoisotopic (exact) mass is 321 g/mol. The molecule has 7 heteroatoms. The number of nitrogens with zero attached hydrogens (tertiary/aromatic N) is 1. The van der Waals surface area contributed by atoms with Crippen LogP contribution in [0, 0.1) is 11.6 Å². The standard InChI is InChI=1S/C16H13F2NO4/c17-10-5-8-12-14(11(10)18)23-7-16(3-1-2-4-16)19(12)6-9(13(8)20)15(21)22/h5-6H,1-4,7H2,(H,21,22). The van der Waals surface area contributed by atoms with Gasteiger partial charge in [0.25, 0.3) is 0 Å². The number of carboxylic acid groups (broad SMARTS) is 1. The van der Waals surface area contributed by atoms with Crippen LogP contribution in [-0.2, 0) is 5.54 Å². The Kier molecular flexibility index (Phi) is 2.79. The molecule has 5 nitrogen and oxygen atoms in total. The van der Waals surface area contributed by atoms with Gasteiger partial charge >= 0.3 is 5.97 Å². The number of aromatic carboxylic acids is 1. The highest BCUT2D eigenvalue weighted by Gasteiger charge is 2.42. The summed E-state index contributed by atoms with van der Waals surface area (Å²) in [7, 11) is 0. The number of carboxylic acids is 1. The van der Waals surface area contributed by atoms with Gasteiger partial charge in [-0.15, -0.1) is 0 Å². The molecule has 0 saturated heterocycles. The first-order chi connectivity index (χ1) is 10.9. The molecule has 0 bridgehead atoms. The molecule has 1 spiro atoms. The van der Waals surface area contributed by atoms with Crippen molar-refractivity contribution in [2.45, 2.75) is 31.2 Å². The Bertz CT molecular complexity index is 913. The van der Waals surface area contributed by atoms with Gasteiger partial charge in [0.2, 0.25) is 11.2 Å². The number of halogens is 2. The summed E-state index contributed by atoms with van der Waals surface area (Å²) in [4.78, 5) is 23.7. The van der Waals surface area contributed by atoms with Crippen molar-refractivity contribution in [2.75, 3.05) is 6.61 Å². The van der Waals surface area contributed by atoms with E-state index in [9.17, 15) is 23.5 Å². The number of ether oxygens (including phenoxy) is 1. The highest BCUT2D eigenvalue weighted by molar-refractivity contribution is 5.94. The zero-order chi connectivity index (χ0) is 16.4. The third-order valence-electron chi connectivity index (χ3n) is 4.90. The van der Waals surface area contributed by atoms with Crippen LogP contribution >= 0.6 is 0 Å². The van der Waals surface area contributed by atoms with Gasteiger partial charge in [0, 0.05) is 6.20 Å². The molecule has 0 unspecified atom stereocenters. The van der Waals surface area contributed by atoms with E-state index in [1.165, 1.54) is 6.20 Å². The van der Waals surface area contributed by atoms with Crippen LogP contribution in [-0.4, -0.2) is 22.2 Å². The highest BCUT2D eigenvalue weighted by atomic mass is 19.2. The first kappa shape index (κ1) is 14.2. The van der Waals surface area contributed by atoms with Gasteiger partial charge in [-0.25, -0.2) is 9.18 Å². The normalized spacial score (nSPS) is 18.3. The SMILES string of the molecule is O=C(O)c1cn2c3c(c(F)c(F)cc3c1=O)OCC21CCCC1. The molecule has 1 aromatic heterocycles. The molecule has 1 N–H and O–H groups in total. The summed E-state index contributed by atoms with van der Waals surface area (Å²) in [6.07, 6.45) is 4.59. The molecule has 2 heterocycles. The molecule has 0 amide bonds. The fourth-order valence-corrected chi connectivity index (χ4v) is 3.76. The maximum Gasteiger partial charge on any atom is 0.341 e. The van der Waals surface area contributed by atoms with E-state index < -0.39 is 34.1 Å². The second kappa shape index (κ2) is 4.53. The summed E-state index contributed by atoms with van der Waals surface area (Å²) in [6.45, 7) is 0.136. The molecule has 0 atom stereocenters. The number of benzene rings is 1. The van der Waals surface area contributed by atoms with Crippen LogP contribution in [0.15, 0.2) is 17.1 Å². The molecule has 2 aromatic rings. The predicted molar refractivity (Wildman–Crippen MR) is 77.0 cm³/mol. The zero-order valence-corrected chi connectivity index (χ0v) is 12.1. The van der Waals surface area contributed by atoms with E-state index >= 15 is 0 Å². The number of hydrogen-bond donors (Lipinski definition) is 1. The molecule has 120 valence electrons. The molecule has 23 heavy (non-hydrogen) atoms. The van der Waals surface area contributed by atoms with E-state index in [4.69, 9.17) is 4.74 Å². The first-order valence-electron chi connectivity index (χ1n) is 7.38. The Morgan fingerprint density at radius 2 is 2.00 bits per heavy atom. The predicted octanol–water partition coefficient (Wildman–Crippen LogP) is 2.64. The first-order valence-corrected chi connectivity index (χ1v) is 7.38. The van der Waals surface area contributed by atoms with Gasteiger partial charge in [-0.1, -0.05) is 12.8 Å². The molecule has 4 rings (SSSR count). The summed E-state index contributed by atoms with van der Waals surface area (Å²) in [5, 5.41) is 9.11. The Morgan fingerprint density at radius 1 is 1.30 bits per heavy atom. The van der Waals surface area contributed by atoms with Gasteiger partial charge in [0.1, 0.15) is 12.2 Å². The Balaban J connectivity index is 2.20. The van der Waals surface area contributed by atoms with Gasteiger partial charge in [0.05, 0.1) is 16.4 Å². The van der Waals surface area contributed by atoms with E-state index in [2.05, 4.69) is 0 Å². The largest absolute Gasteiger partial charge is 0.486 e. The fourth-order valence-electron chi connectivity index (χ4n) is 3.76. The van der Waals surface area contributed by atoms with Gasteiger partial charge in [-0.2, -0.15) is 4.39 Å². The van der Waals surface area contributed by atoms with Crippen LogP contribution < -0.4 is 10.2 Å². The van der Waals surface area contributed by atoms with Crippen molar-refractivity contribution >= 4 is 16.9 Å². The number of carbonyl (C=O) groups is 1. The van der Waals surface area contributed by atoms with Crippen LogP contribution in [0.25, 0.3) is 10.9 Å². The fraction of sp³-hybridized carbons (Fsp3) is 0.375. The van der Waals surface area contributed by atoms with Crippen molar-refractivity contribution in [3.8, 4) is 5.75 Å². The molecule has 1 aliphatic carbocycles. The number of rotatable bonds is 1. The minimum absolute atomic E-state index is 0.136. The summed E-state index contributed by atoms with van der Waals surface area (Å²) in [6, 6.07) is 0.761. The van der Waals surface area contributed by atoms with Crippen LogP contribution in [0.3, 0.4) is 0 Å². The molecule has 1 fully saturated rings. The second-order valence-corrected chi connectivity index (χ2v) is 6.16. The summed E-state index contributed by atoms with van der Waals surface area (Å²) >= 11 is 0. The lowest BCUT2D eigenvalue weighted by Gasteiger charge is -2.38. The molecule has 2 aliphatic rings. The van der Waals surface area contributed by atoms with Crippen molar-refractivity contribution in [2.24, 2.45) is 0 Å². The van der Waals surface area contributed by atoms with Gasteiger partial charge < -0.3 is 14.4 Å². The van der Waals surface area contributed by atoms with Crippen molar-refractivity contribution in [1.29, 1.82) is 0 Å². The van der Waals surface area contributed by atoms with E-state index in [1.54, 1.807) is 4.57 Å². The van der Waals surface area contributed by atoms with Gasteiger partial charge in [-0.3, -0.25) is 4.79 Å². The maximum atomic E-state index is 14.1. The van der Waals surface area contributed by atoms with Crippen molar-refractivity contribution in [1.82, 2.24) is 4.57 Å². The smallest absolute Gasteiger partial charge is 0.341 e. The number of pyridine rings is 1. The summed E-state index contributed by atoms with van der Waals surface area (Å²) < 4.78 is 35.0. The lowest BCUT2D eigenvalue weighted by atomic mass is 9.94. The second-order valence-electron chi connectivity index (χ2n) is 6.16. The molecule has 1 aromatic carbocycles. The third-order valence-corrected chi connectivity index (χ3v) is 4.90. The van der Waals surface area contributed by atoms with Crippen molar-refractivity contribution in [3.63, 3.8) is 0 Å². The average Bonchev–Trinajstić information content (AvgIpc) is 2.97. The van der Waals surface area contributed by atoms with Crippen LogP contribution in [0.1, 0.15) is 36.0 Å². The Hall–Kier alpha value is -2.44. The van der Waals surface area contributed by atoms with Crippen molar-refractivity contribution in [3.05, 3.63) is 39.7 Å². The molecule has 1 aliphatic heterocycles. The molecule has 1 saturated carbocycles. The van der Waals surface area contributed by atoms with Crippen LogP contribution in [0.4, 0.5) is 8.78 Å². The van der Waals surface area contributed by atoms with E-state index in [1.807, 2.05) is 0 Å². The quantitative estimate of drug-likeness (QED) is 0.877. The topological polar surface area (TPSA) is 68.5 Å². The summed E-state index contributed by atoms with van der Waals surface area (Å²) in [5.41, 5.74) is -1.63. The van der Waals surface area contributed by atoms with Gasteiger partial charge in [-0.05, 0) is 18.9 Å². The van der Waals surface area contributed by atoms with Gasteiger partial charge in [0.15, 0.2) is 11.6 Å². The van der Waals surface area contributed by atoms with E-state index in [0.29, 0.717) is 0 Å². The lowest BCUT2D eigenvalue weighted by Crippen LogP contribution is -2.42. The molecular weight excluding hydrogens is 308 g/mol. The van der Waals surface area contributed by atoms with E-state index in [0.717, 1.165) is 31.7 Å². The Labute approximate surface area is 129 Å². The lowest BCUT2D eigenvalue weighted by molar-refractivity contribution is 0.0692. The number of hydrogen-bond acceptors (Lipinski definition) is 3. The highest BCUT2D eigenvalue weighted by Crippen LogP contribution is 2.45. The Morgan fingerprint density at radius 3 is 2.65 bits per heavy atom. The third kappa shape index (κ3) is 1.76. The molecular formula is C16H13F2NO4. The molecule has 0 radical (unpaired) electrons. The average molecular weight is 321 g/mol. The maximum absolute atomic E-state index is 14.1. The van der Waals surface area contributed by atoms with E-state index in [-0.39, 0.29) is 23.3 Å². The van der Waals surface area contributed by atoms with Crippen LogP contribution in [0.2, 0.25) is 0 Å². The number of fused-ring (bicyclic) bond motifs is 1. The summed E-state index contributed by atoms with van der Waals surface area (Å²) in [5.74, 6) is -4.07. The number of aromatic nitrogens is 1.